The highest BCUT2D eigenvalue weighted by Crippen LogP contribution is 2.45. The normalized spacial score (nSPS) is 14.7. The number of aliphatic hydroxyl groups excluding tert-OH is 2. The second kappa shape index (κ2) is 16.7. The van der Waals surface area contributed by atoms with Crippen molar-refractivity contribution in [2.45, 2.75) is 128 Å². The third-order valence-corrected chi connectivity index (χ3v) is 20.3. The number of hydrogen-bond acceptors (Lipinski definition) is 9. The summed E-state index contributed by atoms with van der Waals surface area (Å²) in [6.07, 6.45) is -3.96. The first kappa shape index (κ1) is 40.6. The average Bonchev–Trinajstić information content (AvgIpc) is 2.99. The molecule has 0 spiro atoms. The van der Waals surface area contributed by atoms with E-state index >= 15 is 0 Å². The summed E-state index contributed by atoms with van der Waals surface area (Å²) in [5.74, 6) is -0.650. The summed E-state index contributed by atoms with van der Waals surface area (Å²) in [7, 11) is -3.77. The Bertz CT molecular complexity index is 1300. The number of benzene rings is 2. The lowest BCUT2D eigenvalue weighted by atomic mass is 9.97. The Morgan fingerprint density at radius 2 is 1.51 bits per heavy atom. The summed E-state index contributed by atoms with van der Waals surface area (Å²) in [5.41, 5.74) is 0.951. The Labute approximate surface area is 283 Å². The number of nitro groups is 1. The van der Waals surface area contributed by atoms with E-state index in [4.69, 9.17) is 18.3 Å². The quantitative estimate of drug-likeness (QED) is 0.0736. The van der Waals surface area contributed by atoms with E-state index in [1.54, 1.807) is 0 Å². The van der Waals surface area contributed by atoms with Gasteiger partial charge in [0.05, 0.1) is 35.9 Å². The van der Waals surface area contributed by atoms with E-state index in [2.05, 4.69) is 75.4 Å². The van der Waals surface area contributed by atoms with Gasteiger partial charge in [-0.15, -0.1) is 0 Å². The van der Waals surface area contributed by atoms with Crippen molar-refractivity contribution in [1.82, 2.24) is 0 Å². The van der Waals surface area contributed by atoms with Crippen LogP contribution in [0.3, 0.4) is 0 Å². The molecule has 0 fully saturated rings. The summed E-state index contributed by atoms with van der Waals surface area (Å²) in [5, 5.41) is 35.7. The molecule has 0 radical (unpaired) electrons. The van der Waals surface area contributed by atoms with E-state index in [0.717, 1.165) is 11.6 Å². The summed E-state index contributed by atoms with van der Waals surface area (Å²) in [4.78, 5) is 24.6. The zero-order valence-corrected chi connectivity index (χ0v) is 32.3. The van der Waals surface area contributed by atoms with Gasteiger partial charge in [0.1, 0.15) is 24.6 Å². The fraction of sp³-hybridized carbons (Fsp3) is 0.629. The van der Waals surface area contributed by atoms with Crippen LogP contribution in [0.2, 0.25) is 34.8 Å². The first-order valence-electron chi connectivity index (χ1n) is 16.4. The van der Waals surface area contributed by atoms with Crippen molar-refractivity contribution >= 4 is 28.3 Å². The first-order valence-corrected chi connectivity index (χ1v) is 21.5. The van der Waals surface area contributed by atoms with E-state index in [0.29, 0.717) is 0 Å². The molecule has 0 saturated carbocycles. The number of methoxy groups -OCH3 is 1. The number of carbonyl (C=O) groups excluding carboxylic acids is 1. The van der Waals surface area contributed by atoms with Gasteiger partial charge in [0.2, 0.25) is 8.32 Å². The zero-order chi connectivity index (χ0) is 35.9. The van der Waals surface area contributed by atoms with Crippen LogP contribution >= 0.6 is 0 Å². The van der Waals surface area contributed by atoms with Crippen LogP contribution in [0.4, 0.5) is 5.69 Å². The van der Waals surface area contributed by atoms with Gasteiger partial charge < -0.3 is 28.5 Å². The fourth-order valence-corrected chi connectivity index (χ4v) is 12.6. The van der Waals surface area contributed by atoms with Crippen molar-refractivity contribution in [2.75, 3.05) is 13.7 Å². The van der Waals surface area contributed by atoms with Crippen LogP contribution in [0.25, 0.3) is 0 Å². The van der Waals surface area contributed by atoms with Gasteiger partial charge in [-0.1, -0.05) is 92.6 Å². The minimum Gasteiger partial charge on any atom is -0.488 e. The number of nitrogens with zero attached hydrogens (tertiary/aromatic N) is 1. The largest absolute Gasteiger partial charge is 0.488 e. The number of hydrogen-bond donors (Lipinski definition) is 2. The number of nitro benzene ring substituents is 1. The Balaban J connectivity index is 2.73. The monoisotopic (exact) mass is 691 g/mol. The van der Waals surface area contributed by atoms with Gasteiger partial charge in [-0.05, 0) is 46.4 Å². The van der Waals surface area contributed by atoms with Crippen LogP contribution in [0.15, 0.2) is 42.5 Å². The van der Waals surface area contributed by atoms with E-state index in [-0.39, 0.29) is 63.9 Å². The van der Waals surface area contributed by atoms with Gasteiger partial charge in [-0.2, -0.15) is 0 Å². The van der Waals surface area contributed by atoms with E-state index in [1.165, 1.54) is 13.2 Å². The molecule has 3 atom stereocenters. The molecule has 2 N–H and O–H groups in total. The molecule has 0 aliphatic heterocycles. The first-order chi connectivity index (χ1) is 21.7. The van der Waals surface area contributed by atoms with Gasteiger partial charge in [-0.3, -0.25) is 10.1 Å². The van der Waals surface area contributed by atoms with E-state index < -0.39 is 45.8 Å². The molecule has 0 amide bonds. The molecule has 0 heterocycles. The number of aliphatic hydroxyl groups is 2. The third kappa shape index (κ3) is 9.96. The number of rotatable bonds is 17. The molecule has 0 aromatic heterocycles. The molecule has 2 aromatic carbocycles. The molecule has 12 heteroatoms. The summed E-state index contributed by atoms with van der Waals surface area (Å²) < 4.78 is 24.4. The molecule has 264 valence electrons. The molecule has 0 unspecified atom stereocenters. The van der Waals surface area contributed by atoms with Crippen LogP contribution in [-0.4, -0.2) is 69.8 Å². The van der Waals surface area contributed by atoms with E-state index in [1.807, 2.05) is 30.3 Å². The molecule has 0 bridgehead atoms. The predicted octanol–water partition coefficient (Wildman–Crippen LogP) is 7.81. The standard InChI is InChI=1S/C35H57NO9Si2/c1-23(2)47(24(3)4,25(5)6)45-32(33(38)30(37)22-44-46(11,12)35(7,8)9)20-28-29(36(40)41)18-27(34(39)42-10)19-31(28)43-21-26-16-14-13-15-17-26/h13-19,23-25,30,32-33,37-38H,20-22H2,1-12H3/t30-,32-,33+/m0/s1. The average molecular weight is 692 g/mol. The summed E-state index contributed by atoms with van der Waals surface area (Å²) >= 11 is 0. The van der Waals surface area contributed by atoms with Gasteiger partial charge in [-0.25, -0.2) is 4.79 Å². The highest BCUT2D eigenvalue weighted by atomic mass is 28.4. The maximum absolute atomic E-state index is 12.6. The van der Waals surface area contributed by atoms with Gasteiger partial charge >= 0.3 is 5.97 Å². The Morgan fingerprint density at radius 1 is 0.957 bits per heavy atom. The van der Waals surface area contributed by atoms with Crippen LogP contribution < -0.4 is 4.74 Å². The van der Waals surface area contributed by atoms with E-state index in [9.17, 15) is 25.1 Å². The lowest BCUT2D eigenvalue weighted by molar-refractivity contribution is -0.385. The van der Waals surface area contributed by atoms with Gasteiger partial charge in [0, 0.05) is 12.5 Å². The van der Waals surface area contributed by atoms with Gasteiger partial charge in [0.25, 0.3) is 5.69 Å². The van der Waals surface area contributed by atoms with Crippen LogP contribution in [0, 0.1) is 10.1 Å². The maximum Gasteiger partial charge on any atom is 0.338 e. The fourth-order valence-electron chi connectivity index (χ4n) is 6.06. The molecular formula is C35H57NO9Si2. The molecule has 0 aliphatic carbocycles. The molecule has 2 aromatic rings. The predicted molar refractivity (Wildman–Crippen MR) is 190 cm³/mol. The van der Waals surface area contributed by atoms with Crippen molar-refractivity contribution < 1.29 is 38.3 Å². The zero-order valence-electron chi connectivity index (χ0n) is 30.3. The summed E-state index contributed by atoms with van der Waals surface area (Å²) in [6.45, 7) is 23.0. The lowest BCUT2D eigenvalue weighted by Crippen LogP contribution is -2.55. The molecule has 47 heavy (non-hydrogen) atoms. The van der Waals surface area contributed by atoms with Crippen molar-refractivity contribution in [3.63, 3.8) is 0 Å². The second-order valence-corrected chi connectivity index (χ2v) is 25.0. The minimum absolute atomic E-state index is 0.0397. The van der Waals surface area contributed by atoms with Crippen LogP contribution in [0.1, 0.15) is 83.8 Å². The molecule has 0 saturated heterocycles. The number of esters is 1. The highest BCUT2D eigenvalue weighted by Gasteiger charge is 2.49. The van der Waals surface area contributed by atoms with Crippen molar-refractivity contribution in [3.05, 3.63) is 69.3 Å². The molecule has 0 aliphatic rings. The highest BCUT2D eigenvalue weighted by molar-refractivity contribution is 6.77. The Morgan fingerprint density at radius 3 is 1.98 bits per heavy atom. The van der Waals surface area contributed by atoms with Crippen molar-refractivity contribution in [2.24, 2.45) is 0 Å². The topological polar surface area (TPSA) is 138 Å². The van der Waals surface area contributed by atoms with Crippen LogP contribution in [-0.2, 0) is 26.6 Å². The molecular weight excluding hydrogens is 635 g/mol. The van der Waals surface area contributed by atoms with Crippen molar-refractivity contribution in [1.29, 1.82) is 0 Å². The van der Waals surface area contributed by atoms with Crippen molar-refractivity contribution in [3.8, 4) is 5.75 Å². The Kier molecular flexibility index (Phi) is 14.4. The Hall–Kier alpha value is -2.62. The molecule has 10 nitrogen and oxygen atoms in total. The smallest absolute Gasteiger partial charge is 0.338 e. The number of ether oxygens (including phenoxy) is 2. The lowest BCUT2D eigenvalue weighted by Gasteiger charge is -2.46. The third-order valence-electron chi connectivity index (χ3n) is 9.70. The number of carbonyl (C=O) groups is 1. The minimum atomic E-state index is -2.70. The molecule has 2 rings (SSSR count). The summed E-state index contributed by atoms with van der Waals surface area (Å²) in [6, 6.07) is 11.9. The second-order valence-electron chi connectivity index (χ2n) is 14.8. The van der Waals surface area contributed by atoms with Gasteiger partial charge in [0.15, 0.2) is 8.32 Å². The maximum atomic E-state index is 12.6. The van der Waals surface area contributed by atoms with Crippen LogP contribution in [0.5, 0.6) is 5.75 Å². The SMILES string of the molecule is COC(=O)c1cc(OCc2ccccc2)c(C[C@H](O[Si](C(C)C)(C(C)C)C(C)C)[C@H](O)[C@@H](O)CO[Si](C)(C)C(C)(C)C)c([N+](=O)[O-])c1.